The first-order chi connectivity index (χ1) is 12.6. The second-order valence-electron chi connectivity index (χ2n) is 6.87. The predicted octanol–water partition coefficient (Wildman–Crippen LogP) is 4.43. The Morgan fingerprint density at radius 2 is 2.07 bits per heavy atom. The number of aromatic nitrogens is 1. The first kappa shape index (κ1) is 22.1. The Bertz CT molecular complexity index is 758. The quantitative estimate of drug-likeness (QED) is 0.243. The molecule has 2 N–H and O–H groups in total. The molecule has 0 bridgehead atoms. The lowest BCUT2D eigenvalue weighted by Gasteiger charge is -2.16. The van der Waals surface area contributed by atoms with E-state index in [4.69, 9.17) is 4.99 Å². The van der Waals surface area contributed by atoms with Crippen molar-refractivity contribution in [3.8, 4) is 0 Å². The number of hydrogen-bond donors (Lipinski definition) is 2. The monoisotopic (exact) mass is 502 g/mol. The molecular formula is C20H28FIN4S. The molecule has 1 aromatic carbocycles. The van der Waals surface area contributed by atoms with Gasteiger partial charge in [-0.3, -0.25) is 4.99 Å². The molecule has 1 heterocycles. The summed E-state index contributed by atoms with van der Waals surface area (Å²) in [7, 11) is 0. The number of nitrogens with one attached hydrogen (secondary N) is 2. The summed E-state index contributed by atoms with van der Waals surface area (Å²) in [5.74, 6) is 0.697. The van der Waals surface area contributed by atoms with E-state index in [0.717, 1.165) is 56.0 Å². The van der Waals surface area contributed by atoms with E-state index in [1.807, 2.05) is 19.1 Å². The second kappa shape index (κ2) is 10.4. The Kier molecular flexibility index (Phi) is 8.47. The van der Waals surface area contributed by atoms with E-state index in [-0.39, 0.29) is 35.2 Å². The van der Waals surface area contributed by atoms with Crippen LogP contribution in [-0.4, -0.2) is 30.6 Å². The van der Waals surface area contributed by atoms with Crippen molar-refractivity contribution in [2.24, 2.45) is 4.99 Å². The van der Waals surface area contributed by atoms with E-state index in [1.54, 1.807) is 23.5 Å². The number of aryl methyl sites for hydroxylation is 2. The highest BCUT2D eigenvalue weighted by molar-refractivity contribution is 14.0. The molecule has 0 amide bonds. The van der Waals surface area contributed by atoms with E-state index < -0.39 is 0 Å². The largest absolute Gasteiger partial charge is 0.357 e. The number of aliphatic imine (C=N–C) groups is 1. The van der Waals surface area contributed by atoms with Crippen molar-refractivity contribution in [3.05, 3.63) is 51.7 Å². The van der Waals surface area contributed by atoms with Gasteiger partial charge in [-0.25, -0.2) is 9.37 Å². The van der Waals surface area contributed by atoms with Crippen molar-refractivity contribution in [1.29, 1.82) is 0 Å². The average molecular weight is 502 g/mol. The van der Waals surface area contributed by atoms with E-state index in [2.05, 4.69) is 27.9 Å². The molecule has 2 aromatic rings. The Morgan fingerprint density at radius 3 is 2.70 bits per heavy atom. The molecule has 0 saturated heterocycles. The maximum Gasteiger partial charge on any atom is 0.191 e. The number of rotatable bonds is 8. The number of hydrogen-bond acceptors (Lipinski definition) is 3. The zero-order valence-corrected chi connectivity index (χ0v) is 19.1. The first-order valence-electron chi connectivity index (χ1n) is 9.31. The number of thiazole rings is 1. The molecule has 0 spiro atoms. The minimum absolute atomic E-state index is 0. The van der Waals surface area contributed by atoms with Crippen molar-refractivity contribution >= 4 is 41.3 Å². The van der Waals surface area contributed by atoms with Crippen LogP contribution in [0.2, 0.25) is 0 Å². The molecule has 1 saturated carbocycles. The molecule has 148 valence electrons. The van der Waals surface area contributed by atoms with Crippen molar-refractivity contribution < 1.29 is 4.39 Å². The van der Waals surface area contributed by atoms with Crippen molar-refractivity contribution in [1.82, 2.24) is 15.6 Å². The molecule has 0 unspecified atom stereocenters. The standard InChI is InChI=1S/C20H27FN4S.HI/c1-3-22-19(23-12-6-9-18-25-15(2)13-26-18)24-14-20(10-11-20)16-7-4-5-8-17(16)21;/h4-5,7-8,13H,3,6,9-12,14H2,1-2H3,(H2,22,23,24);1H. The van der Waals surface area contributed by atoms with Crippen molar-refractivity contribution in [2.45, 2.75) is 44.9 Å². The van der Waals surface area contributed by atoms with Crippen LogP contribution in [0.5, 0.6) is 0 Å². The molecule has 4 nitrogen and oxygen atoms in total. The molecule has 1 aliphatic rings. The van der Waals surface area contributed by atoms with Gasteiger partial charge in [0.25, 0.3) is 0 Å². The highest BCUT2D eigenvalue weighted by Crippen LogP contribution is 2.49. The third-order valence-corrected chi connectivity index (χ3v) is 5.74. The highest BCUT2D eigenvalue weighted by atomic mass is 127. The Hall–Kier alpha value is -1.22. The number of benzene rings is 1. The summed E-state index contributed by atoms with van der Waals surface area (Å²) in [5, 5.41) is 9.94. The summed E-state index contributed by atoms with van der Waals surface area (Å²) in [6.07, 6.45) is 3.99. The van der Waals surface area contributed by atoms with Gasteiger partial charge < -0.3 is 10.6 Å². The lowest BCUT2D eigenvalue weighted by Crippen LogP contribution is -2.38. The summed E-state index contributed by atoms with van der Waals surface area (Å²) in [4.78, 5) is 9.22. The van der Waals surface area contributed by atoms with Crippen LogP contribution in [0.25, 0.3) is 0 Å². The second-order valence-corrected chi connectivity index (χ2v) is 7.81. The number of halogens is 2. The summed E-state index contributed by atoms with van der Waals surface area (Å²) in [6, 6.07) is 7.09. The number of nitrogens with zero attached hydrogens (tertiary/aromatic N) is 2. The van der Waals surface area contributed by atoms with Gasteiger partial charge in [-0.15, -0.1) is 35.3 Å². The van der Waals surface area contributed by atoms with Crippen LogP contribution < -0.4 is 10.6 Å². The smallest absolute Gasteiger partial charge is 0.191 e. The zero-order valence-electron chi connectivity index (χ0n) is 15.9. The normalized spacial score (nSPS) is 15.1. The van der Waals surface area contributed by atoms with Gasteiger partial charge in [-0.05, 0) is 44.7 Å². The van der Waals surface area contributed by atoms with Crippen LogP contribution in [0.4, 0.5) is 4.39 Å². The molecule has 27 heavy (non-hydrogen) atoms. The molecule has 0 atom stereocenters. The third-order valence-electron chi connectivity index (χ3n) is 4.71. The molecule has 1 aromatic heterocycles. The Morgan fingerprint density at radius 1 is 1.30 bits per heavy atom. The minimum atomic E-state index is -0.119. The van der Waals surface area contributed by atoms with Crippen molar-refractivity contribution in [2.75, 3.05) is 19.6 Å². The lowest BCUT2D eigenvalue weighted by atomic mass is 9.95. The average Bonchev–Trinajstić information content (AvgIpc) is 3.31. The van der Waals surface area contributed by atoms with Crippen LogP contribution in [0, 0.1) is 12.7 Å². The maximum absolute atomic E-state index is 14.1. The Balaban J connectivity index is 0.00000261. The fourth-order valence-electron chi connectivity index (χ4n) is 3.09. The summed E-state index contributed by atoms with van der Waals surface area (Å²) >= 11 is 1.72. The van der Waals surface area contributed by atoms with Gasteiger partial charge in [0, 0.05) is 36.0 Å². The molecule has 0 aliphatic heterocycles. The lowest BCUT2D eigenvalue weighted by molar-refractivity contribution is 0.572. The van der Waals surface area contributed by atoms with Gasteiger partial charge in [-0.2, -0.15) is 0 Å². The topological polar surface area (TPSA) is 49.3 Å². The van der Waals surface area contributed by atoms with Gasteiger partial charge >= 0.3 is 0 Å². The van der Waals surface area contributed by atoms with Crippen LogP contribution in [0.1, 0.15) is 42.5 Å². The molecule has 3 rings (SSSR count). The fraction of sp³-hybridized carbons (Fsp3) is 0.500. The fourth-order valence-corrected chi connectivity index (χ4v) is 3.91. The predicted molar refractivity (Wildman–Crippen MR) is 122 cm³/mol. The zero-order chi connectivity index (χ0) is 18.4. The van der Waals surface area contributed by atoms with E-state index in [9.17, 15) is 4.39 Å². The molecule has 1 aliphatic carbocycles. The molecular weight excluding hydrogens is 474 g/mol. The molecule has 7 heteroatoms. The Labute approximate surface area is 182 Å². The van der Waals surface area contributed by atoms with Gasteiger partial charge in [0.15, 0.2) is 5.96 Å². The maximum atomic E-state index is 14.1. The SMILES string of the molecule is CCNC(=NCC1(c2ccccc2F)CC1)NCCCc1nc(C)cs1.I. The first-order valence-corrected chi connectivity index (χ1v) is 10.2. The van der Waals surface area contributed by atoms with E-state index >= 15 is 0 Å². The van der Waals surface area contributed by atoms with Gasteiger partial charge in [0.2, 0.25) is 0 Å². The van der Waals surface area contributed by atoms with Gasteiger partial charge in [0.1, 0.15) is 5.82 Å². The van der Waals surface area contributed by atoms with Crippen LogP contribution in [-0.2, 0) is 11.8 Å². The van der Waals surface area contributed by atoms with Crippen LogP contribution in [0.3, 0.4) is 0 Å². The number of guanidine groups is 1. The van der Waals surface area contributed by atoms with E-state index in [0.29, 0.717) is 6.54 Å². The van der Waals surface area contributed by atoms with Crippen molar-refractivity contribution in [3.63, 3.8) is 0 Å². The summed E-state index contributed by atoms with van der Waals surface area (Å²) < 4.78 is 14.1. The van der Waals surface area contributed by atoms with Crippen LogP contribution >= 0.6 is 35.3 Å². The van der Waals surface area contributed by atoms with Gasteiger partial charge in [-0.1, -0.05) is 18.2 Å². The highest BCUT2D eigenvalue weighted by Gasteiger charge is 2.45. The molecule has 1 fully saturated rings. The van der Waals surface area contributed by atoms with E-state index in [1.165, 1.54) is 5.01 Å². The van der Waals surface area contributed by atoms with Crippen LogP contribution in [0.15, 0.2) is 34.6 Å². The molecule has 0 radical (unpaired) electrons. The summed E-state index contributed by atoms with van der Waals surface area (Å²) in [6.45, 7) is 6.35. The summed E-state index contributed by atoms with van der Waals surface area (Å²) in [5.41, 5.74) is 1.78. The minimum Gasteiger partial charge on any atom is -0.357 e. The van der Waals surface area contributed by atoms with Gasteiger partial charge in [0.05, 0.1) is 11.6 Å². The third kappa shape index (κ3) is 6.14.